The molecule has 2 rings (SSSR count). The summed E-state index contributed by atoms with van der Waals surface area (Å²) in [4.78, 5) is 13.1. The molecule has 1 heterocycles. The summed E-state index contributed by atoms with van der Waals surface area (Å²) in [5.74, 6) is -0.408. The number of primary amides is 1. The van der Waals surface area contributed by atoms with Crippen molar-refractivity contribution < 1.29 is 9.18 Å². The van der Waals surface area contributed by atoms with Crippen LogP contribution in [0.4, 0.5) is 4.39 Å². The second kappa shape index (κ2) is 5.27. The largest absolute Gasteiger partial charge is 0.366 e. The van der Waals surface area contributed by atoms with Gasteiger partial charge in [-0.05, 0) is 30.5 Å². The van der Waals surface area contributed by atoms with Gasteiger partial charge in [0.2, 0.25) is 5.91 Å². The van der Waals surface area contributed by atoms with E-state index in [4.69, 9.17) is 5.73 Å². The van der Waals surface area contributed by atoms with Crippen LogP contribution in [0.1, 0.15) is 28.8 Å². The Morgan fingerprint density at radius 1 is 1.29 bits per heavy atom. The SMILES string of the molecule is NC(=O)c1ccc(CN2CCC(F)CC2)cc1. The predicted molar refractivity (Wildman–Crippen MR) is 64.4 cm³/mol. The second-order valence-corrected chi connectivity index (χ2v) is 4.51. The van der Waals surface area contributed by atoms with Gasteiger partial charge in [0.1, 0.15) is 6.17 Å². The van der Waals surface area contributed by atoms with E-state index in [0.717, 1.165) is 25.2 Å². The summed E-state index contributed by atoms with van der Waals surface area (Å²) in [5.41, 5.74) is 6.83. The third-order valence-electron chi connectivity index (χ3n) is 3.16. The first kappa shape index (κ1) is 12.0. The van der Waals surface area contributed by atoms with E-state index in [1.807, 2.05) is 12.1 Å². The molecule has 4 heteroatoms. The number of piperidine rings is 1. The molecule has 92 valence electrons. The predicted octanol–water partition coefficient (Wildman–Crippen LogP) is 1.72. The van der Waals surface area contributed by atoms with Crippen molar-refractivity contribution in [2.24, 2.45) is 5.73 Å². The van der Waals surface area contributed by atoms with Gasteiger partial charge in [-0.25, -0.2) is 4.39 Å². The number of hydrogen-bond donors (Lipinski definition) is 1. The van der Waals surface area contributed by atoms with Crippen LogP contribution >= 0.6 is 0 Å². The lowest BCUT2D eigenvalue weighted by Gasteiger charge is -2.28. The van der Waals surface area contributed by atoms with E-state index < -0.39 is 12.1 Å². The topological polar surface area (TPSA) is 46.3 Å². The number of nitrogens with zero attached hydrogens (tertiary/aromatic N) is 1. The molecule has 1 amide bonds. The Kier molecular flexibility index (Phi) is 3.74. The van der Waals surface area contributed by atoms with Crippen molar-refractivity contribution in [1.82, 2.24) is 4.90 Å². The molecule has 1 saturated heterocycles. The van der Waals surface area contributed by atoms with Crippen molar-refractivity contribution >= 4 is 5.91 Å². The molecule has 0 aromatic heterocycles. The van der Waals surface area contributed by atoms with Crippen LogP contribution in [0.25, 0.3) is 0 Å². The number of carbonyl (C=O) groups is 1. The molecule has 3 nitrogen and oxygen atoms in total. The number of amides is 1. The number of hydrogen-bond acceptors (Lipinski definition) is 2. The molecule has 0 radical (unpaired) electrons. The molecular weight excluding hydrogens is 219 g/mol. The van der Waals surface area contributed by atoms with Gasteiger partial charge in [-0.15, -0.1) is 0 Å². The molecule has 0 aliphatic carbocycles. The molecule has 0 spiro atoms. The van der Waals surface area contributed by atoms with E-state index in [2.05, 4.69) is 4.90 Å². The third kappa shape index (κ3) is 3.27. The minimum Gasteiger partial charge on any atom is -0.366 e. The molecule has 2 N–H and O–H groups in total. The van der Waals surface area contributed by atoms with Gasteiger partial charge in [-0.1, -0.05) is 12.1 Å². The fraction of sp³-hybridized carbons (Fsp3) is 0.462. The average Bonchev–Trinajstić information content (AvgIpc) is 2.33. The minimum atomic E-state index is -0.636. The Labute approximate surface area is 100 Å². The van der Waals surface area contributed by atoms with Crippen LogP contribution in [0, 0.1) is 0 Å². The quantitative estimate of drug-likeness (QED) is 0.868. The highest BCUT2D eigenvalue weighted by atomic mass is 19.1. The maximum Gasteiger partial charge on any atom is 0.248 e. The summed E-state index contributed by atoms with van der Waals surface area (Å²) in [5, 5.41) is 0. The Bertz CT molecular complexity index is 383. The van der Waals surface area contributed by atoms with Crippen molar-refractivity contribution in [3.05, 3.63) is 35.4 Å². The van der Waals surface area contributed by atoms with Crippen LogP contribution < -0.4 is 5.73 Å². The molecular formula is C13H17FN2O. The average molecular weight is 236 g/mol. The Morgan fingerprint density at radius 3 is 2.41 bits per heavy atom. The fourth-order valence-corrected chi connectivity index (χ4v) is 2.09. The fourth-order valence-electron chi connectivity index (χ4n) is 2.09. The number of likely N-dealkylation sites (tertiary alicyclic amines) is 1. The van der Waals surface area contributed by atoms with E-state index in [0.29, 0.717) is 18.4 Å². The molecule has 1 fully saturated rings. The standard InChI is InChI=1S/C13H17FN2O/c14-12-5-7-16(8-6-12)9-10-1-3-11(4-2-10)13(15)17/h1-4,12H,5-9H2,(H2,15,17). The van der Waals surface area contributed by atoms with Gasteiger partial charge in [0.25, 0.3) is 0 Å². The highest BCUT2D eigenvalue weighted by molar-refractivity contribution is 5.92. The van der Waals surface area contributed by atoms with Crippen LogP contribution in [0.3, 0.4) is 0 Å². The van der Waals surface area contributed by atoms with E-state index in [-0.39, 0.29) is 0 Å². The smallest absolute Gasteiger partial charge is 0.248 e. The summed E-state index contributed by atoms with van der Waals surface area (Å²) in [6.07, 6.45) is 0.613. The number of nitrogens with two attached hydrogens (primary N) is 1. The lowest BCUT2D eigenvalue weighted by molar-refractivity contribution is 0.1000. The van der Waals surface area contributed by atoms with E-state index >= 15 is 0 Å². The van der Waals surface area contributed by atoms with Crippen molar-refractivity contribution in [2.45, 2.75) is 25.6 Å². The molecule has 17 heavy (non-hydrogen) atoms. The first-order valence-corrected chi connectivity index (χ1v) is 5.90. The summed E-state index contributed by atoms with van der Waals surface area (Å²) < 4.78 is 13.0. The maximum atomic E-state index is 13.0. The van der Waals surface area contributed by atoms with Crippen molar-refractivity contribution in [3.8, 4) is 0 Å². The molecule has 1 aromatic carbocycles. The zero-order chi connectivity index (χ0) is 12.3. The molecule has 1 aliphatic rings. The number of alkyl halides is 1. The second-order valence-electron chi connectivity index (χ2n) is 4.51. The van der Waals surface area contributed by atoms with Gasteiger partial charge in [-0.3, -0.25) is 9.69 Å². The third-order valence-corrected chi connectivity index (χ3v) is 3.16. The summed E-state index contributed by atoms with van der Waals surface area (Å²) in [6, 6.07) is 7.28. The monoisotopic (exact) mass is 236 g/mol. The number of rotatable bonds is 3. The lowest BCUT2D eigenvalue weighted by Crippen LogP contribution is -2.33. The van der Waals surface area contributed by atoms with E-state index in [9.17, 15) is 9.18 Å². The minimum absolute atomic E-state index is 0.408. The van der Waals surface area contributed by atoms with Gasteiger partial charge in [0.15, 0.2) is 0 Å². The van der Waals surface area contributed by atoms with Crippen molar-refractivity contribution in [3.63, 3.8) is 0 Å². The van der Waals surface area contributed by atoms with Crippen molar-refractivity contribution in [1.29, 1.82) is 0 Å². The molecule has 0 bridgehead atoms. The number of halogens is 1. The normalized spacial score (nSPS) is 18.2. The maximum absolute atomic E-state index is 13.0. The Morgan fingerprint density at radius 2 is 1.88 bits per heavy atom. The van der Waals surface area contributed by atoms with Crippen LogP contribution in [0.15, 0.2) is 24.3 Å². The van der Waals surface area contributed by atoms with Crippen LogP contribution in [-0.2, 0) is 6.54 Å². The zero-order valence-electron chi connectivity index (χ0n) is 9.73. The van der Waals surface area contributed by atoms with Gasteiger partial charge in [0.05, 0.1) is 0 Å². The summed E-state index contributed by atoms with van der Waals surface area (Å²) in [7, 11) is 0. The van der Waals surface area contributed by atoms with Gasteiger partial charge >= 0.3 is 0 Å². The molecule has 1 aliphatic heterocycles. The Hall–Kier alpha value is -1.42. The summed E-state index contributed by atoms with van der Waals surface area (Å²) in [6.45, 7) is 2.42. The zero-order valence-corrected chi connectivity index (χ0v) is 9.73. The van der Waals surface area contributed by atoms with Crippen molar-refractivity contribution in [2.75, 3.05) is 13.1 Å². The lowest BCUT2D eigenvalue weighted by atomic mass is 10.1. The first-order chi connectivity index (χ1) is 8.15. The van der Waals surface area contributed by atoms with Crippen LogP contribution in [0.5, 0.6) is 0 Å². The highest BCUT2D eigenvalue weighted by Crippen LogP contribution is 2.16. The first-order valence-electron chi connectivity index (χ1n) is 5.90. The van der Waals surface area contributed by atoms with E-state index in [1.54, 1.807) is 12.1 Å². The van der Waals surface area contributed by atoms with Gasteiger partial charge < -0.3 is 5.73 Å². The molecule has 0 unspecified atom stereocenters. The van der Waals surface area contributed by atoms with Gasteiger partial charge in [-0.2, -0.15) is 0 Å². The van der Waals surface area contributed by atoms with Crippen LogP contribution in [-0.4, -0.2) is 30.1 Å². The molecule has 1 aromatic rings. The van der Waals surface area contributed by atoms with Gasteiger partial charge in [0, 0.05) is 25.2 Å². The van der Waals surface area contributed by atoms with Crippen LogP contribution in [0.2, 0.25) is 0 Å². The molecule has 0 atom stereocenters. The number of benzene rings is 1. The Balaban J connectivity index is 1.92. The highest BCUT2D eigenvalue weighted by Gasteiger charge is 2.18. The number of carbonyl (C=O) groups excluding carboxylic acids is 1. The summed E-state index contributed by atoms with van der Waals surface area (Å²) >= 11 is 0. The molecule has 0 saturated carbocycles. The van der Waals surface area contributed by atoms with E-state index in [1.165, 1.54) is 0 Å².